The number of nitrogens with one attached hydrogen (secondary N) is 1. The number of methoxy groups -OCH3 is 1. The topological polar surface area (TPSA) is 124 Å². The van der Waals surface area contributed by atoms with Crippen LogP contribution >= 0.6 is 11.3 Å². The van der Waals surface area contributed by atoms with Crippen LogP contribution in [-0.2, 0) is 11.8 Å². The number of rotatable bonds is 7. The minimum atomic E-state index is -0.726. The molecule has 2 atom stereocenters. The van der Waals surface area contributed by atoms with Gasteiger partial charge in [0.2, 0.25) is 0 Å². The molecule has 154 valence electrons. The third kappa shape index (κ3) is 4.58. The lowest BCUT2D eigenvalue weighted by molar-refractivity contribution is 0.0903. The van der Waals surface area contributed by atoms with Gasteiger partial charge >= 0.3 is 0 Å². The van der Waals surface area contributed by atoms with E-state index in [9.17, 15) is 14.7 Å². The van der Waals surface area contributed by atoms with E-state index in [-0.39, 0.29) is 11.6 Å². The lowest BCUT2D eigenvalue weighted by Gasteiger charge is -2.13. The van der Waals surface area contributed by atoms with Gasteiger partial charge in [0.05, 0.1) is 23.9 Å². The molecule has 3 aromatic heterocycles. The van der Waals surface area contributed by atoms with Crippen molar-refractivity contribution in [2.75, 3.05) is 13.7 Å². The molecule has 2 N–H and O–H groups in total. The average Bonchev–Trinajstić information content (AvgIpc) is 3.31. The highest BCUT2D eigenvalue weighted by molar-refractivity contribution is 7.15. The van der Waals surface area contributed by atoms with Crippen molar-refractivity contribution in [3.63, 3.8) is 0 Å². The van der Waals surface area contributed by atoms with Crippen LogP contribution < -0.4 is 10.9 Å². The van der Waals surface area contributed by atoms with E-state index >= 15 is 0 Å². The molecule has 0 radical (unpaired) electrons. The van der Waals surface area contributed by atoms with Crippen LogP contribution in [0.15, 0.2) is 29.5 Å². The number of aliphatic hydroxyl groups excluding tert-OH is 1. The first-order valence-electron chi connectivity index (χ1n) is 8.87. The molecule has 3 rings (SSSR count). The van der Waals surface area contributed by atoms with Gasteiger partial charge in [-0.1, -0.05) is 0 Å². The van der Waals surface area contributed by atoms with Crippen LogP contribution in [0.1, 0.15) is 35.3 Å². The van der Waals surface area contributed by atoms with Gasteiger partial charge in [-0.2, -0.15) is 14.9 Å². The van der Waals surface area contributed by atoms with Crippen molar-refractivity contribution < 1.29 is 14.6 Å². The minimum Gasteiger partial charge on any atom is -0.386 e. The summed E-state index contributed by atoms with van der Waals surface area (Å²) >= 11 is 1.24. The molecule has 29 heavy (non-hydrogen) atoms. The quantitative estimate of drug-likeness (QED) is 0.584. The molecule has 0 saturated heterocycles. The zero-order valence-corrected chi connectivity index (χ0v) is 17.3. The molecule has 3 heterocycles. The Bertz CT molecular complexity index is 1070. The molecule has 0 aliphatic carbocycles. The number of hydrogen-bond acceptors (Lipinski definition) is 8. The summed E-state index contributed by atoms with van der Waals surface area (Å²) in [6.45, 7) is 3.71. The van der Waals surface area contributed by atoms with Crippen LogP contribution in [0.25, 0.3) is 16.3 Å². The minimum absolute atomic E-state index is 0.0613. The van der Waals surface area contributed by atoms with Gasteiger partial charge in [0, 0.05) is 26.4 Å². The van der Waals surface area contributed by atoms with Crippen LogP contribution in [0.2, 0.25) is 0 Å². The normalized spacial score (nSPS) is 13.3. The molecule has 11 heteroatoms. The number of ether oxygens (including phenoxy) is 1. The lowest BCUT2D eigenvalue weighted by atomic mass is 10.2. The fourth-order valence-corrected chi connectivity index (χ4v) is 3.47. The van der Waals surface area contributed by atoms with Crippen LogP contribution in [0.3, 0.4) is 0 Å². The summed E-state index contributed by atoms with van der Waals surface area (Å²) in [7, 11) is 3.25. The first-order chi connectivity index (χ1) is 13.8. The van der Waals surface area contributed by atoms with Crippen molar-refractivity contribution in [3.05, 3.63) is 45.6 Å². The van der Waals surface area contributed by atoms with Crippen LogP contribution in [0.5, 0.6) is 0 Å². The zero-order valence-electron chi connectivity index (χ0n) is 16.5. The fourth-order valence-electron chi connectivity index (χ4n) is 2.66. The molecule has 0 spiro atoms. The molecule has 3 aromatic rings. The first kappa shape index (κ1) is 20.8. The SMILES string of the molecule is COC[C@H](C)NC(=O)c1cc(-c2cnc(C(C)O)s2)nn(-c2cnn(C)c2)c1=O. The highest BCUT2D eigenvalue weighted by atomic mass is 32.1. The van der Waals surface area contributed by atoms with Crippen molar-refractivity contribution in [2.45, 2.75) is 26.0 Å². The largest absolute Gasteiger partial charge is 0.386 e. The number of hydrogen-bond donors (Lipinski definition) is 2. The van der Waals surface area contributed by atoms with Gasteiger partial charge < -0.3 is 15.2 Å². The molecule has 1 amide bonds. The van der Waals surface area contributed by atoms with Crippen molar-refractivity contribution in [1.29, 1.82) is 0 Å². The van der Waals surface area contributed by atoms with Gasteiger partial charge in [-0.3, -0.25) is 14.3 Å². The third-order valence-electron chi connectivity index (χ3n) is 4.02. The number of carbonyl (C=O) groups is 1. The number of amides is 1. The van der Waals surface area contributed by atoms with Crippen LogP contribution in [-0.4, -0.2) is 55.3 Å². The second-order valence-corrected chi connectivity index (χ2v) is 7.66. The third-order valence-corrected chi connectivity index (χ3v) is 5.21. The van der Waals surface area contributed by atoms with Crippen LogP contribution in [0, 0.1) is 0 Å². The number of aliphatic hydroxyl groups is 1. The second kappa shape index (κ2) is 8.64. The van der Waals surface area contributed by atoms with Gasteiger partial charge in [-0.15, -0.1) is 11.3 Å². The molecule has 0 aliphatic rings. The van der Waals surface area contributed by atoms with Gasteiger partial charge in [0.25, 0.3) is 11.5 Å². The van der Waals surface area contributed by atoms with Gasteiger partial charge in [-0.05, 0) is 19.9 Å². The van der Waals surface area contributed by atoms with E-state index < -0.39 is 17.6 Å². The van der Waals surface area contributed by atoms with E-state index in [4.69, 9.17) is 4.74 Å². The Morgan fingerprint density at radius 1 is 1.38 bits per heavy atom. The maximum Gasteiger partial charge on any atom is 0.284 e. The maximum absolute atomic E-state index is 13.0. The summed E-state index contributed by atoms with van der Waals surface area (Å²) in [5.74, 6) is -0.527. The Balaban J connectivity index is 2.11. The van der Waals surface area contributed by atoms with E-state index in [0.29, 0.717) is 27.9 Å². The summed E-state index contributed by atoms with van der Waals surface area (Å²) in [5.41, 5.74) is 0.193. The predicted molar refractivity (Wildman–Crippen MR) is 107 cm³/mol. The lowest BCUT2D eigenvalue weighted by Crippen LogP contribution is -2.39. The smallest absolute Gasteiger partial charge is 0.284 e. The molecule has 0 fully saturated rings. The molecule has 0 aromatic carbocycles. The average molecular weight is 418 g/mol. The summed E-state index contributed by atoms with van der Waals surface area (Å²) in [5, 5.41) is 21.5. The van der Waals surface area contributed by atoms with Gasteiger partial charge in [0.15, 0.2) is 0 Å². The molecule has 10 nitrogen and oxygen atoms in total. The summed E-state index contributed by atoms with van der Waals surface area (Å²) < 4.78 is 7.71. The first-order valence-corrected chi connectivity index (χ1v) is 9.69. The highest BCUT2D eigenvalue weighted by Gasteiger charge is 2.20. The predicted octanol–water partition coefficient (Wildman–Crippen LogP) is 0.907. The van der Waals surface area contributed by atoms with E-state index in [1.165, 1.54) is 35.4 Å². The van der Waals surface area contributed by atoms with Crippen molar-refractivity contribution in [1.82, 2.24) is 29.9 Å². The Kier molecular flexibility index (Phi) is 6.20. The van der Waals surface area contributed by atoms with Crippen LogP contribution in [0.4, 0.5) is 0 Å². The fraction of sp³-hybridized carbons (Fsp3) is 0.389. The standard InChI is InChI=1S/C18H22N6O4S/c1-10(9-28-4)21-16(26)13-5-14(15-7-19-17(29-15)11(2)25)22-24(18(13)27)12-6-20-23(3)8-12/h5-8,10-11,25H,9H2,1-4H3,(H,21,26)/t10-,11?/m0/s1. The summed E-state index contributed by atoms with van der Waals surface area (Å²) in [6, 6.07) is 1.16. The molecule has 0 bridgehead atoms. The van der Waals surface area contributed by atoms with Crippen molar-refractivity contribution in [2.24, 2.45) is 7.05 Å². The Morgan fingerprint density at radius 3 is 2.72 bits per heavy atom. The number of aromatic nitrogens is 5. The highest BCUT2D eigenvalue weighted by Crippen LogP contribution is 2.28. The number of nitrogens with zero attached hydrogens (tertiary/aromatic N) is 5. The van der Waals surface area contributed by atoms with E-state index in [1.54, 1.807) is 33.3 Å². The van der Waals surface area contributed by atoms with Crippen molar-refractivity contribution in [3.8, 4) is 16.3 Å². The Labute approximate surface area is 170 Å². The zero-order chi connectivity index (χ0) is 21.1. The van der Waals surface area contributed by atoms with E-state index in [1.807, 2.05) is 0 Å². The number of thiazole rings is 1. The molecule has 0 aliphatic heterocycles. The van der Waals surface area contributed by atoms with Gasteiger partial charge in [-0.25, -0.2) is 4.98 Å². The maximum atomic E-state index is 13.0. The monoisotopic (exact) mass is 418 g/mol. The van der Waals surface area contributed by atoms with E-state index in [2.05, 4.69) is 20.5 Å². The molecular weight excluding hydrogens is 396 g/mol. The van der Waals surface area contributed by atoms with Gasteiger partial charge in [0.1, 0.15) is 28.1 Å². The Morgan fingerprint density at radius 2 is 2.14 bits per heavy atom. The summed E-state index contributed by atoms with van der Waals surface area (Å²) in [6.07, 6.45) is 3.95. The summed E-state index contributed by atoms with van der Waals surface area (Å²) in [4.78, 5) is 30.5. The molecule has 1 unspecified atom stereocenters. The molecular formula is C18H22N6O4S. The second-order valence-electron chi connectivity index (χ2n) is 6.60. The van der Waals surface area contributed by atoms with E-state index in [0.717, 1.165) is 4.68 Å². The molecule has 0 saturated carbocycles. The Hall–Kier alpha value is -2.89. The number of aryl methyl sites for hydroxylation is 1. The van der Waals surface area contributed by atoms with Crippen molar-refractivity contribution >= 4 is 17.2 Å². The number of carbonyl (C=O) groups excluding carboxylic acids is 1.